The van der Waals surface area contributed by atoms with E-state index in [9.17, 15) is 9.59 Å². The van der Waals surface area contributed by atoms with E-state index in [0.717, 1.165) is 50.8 Å². The van der Waals surface area contributed by atoms with Gasteiger partial charge in [0, 0.05) is 19.6 Å². The molecule has 0 radical (unpaired) electrons. The van der Waals surface area contributed by atoms with Crippen molar-refractivity contribution >= 4 is 11.8 Å². The lowest BCUT2D eigenvalue weighted by atomic mass is 9.82. The van der Waals surface area contributed by atoms with E-state index >= 15 is 0 Å². The van der Waals surface area contributed by atoms with Crippen LogP contribution in [0.4, 0.5) is 0 Å². The number of hydrogen-bond donors (Lipinski definition) is 1. The van der Waals surface area contributed by atoms with Gasteiger partial charge >= 0.3 is 0 Å². The Labute approximate surface area is 201 Å². The summed E-state index contributed by atoms with van der Waals surface area (Å²) in [5.74, 6) is 1.11. The van der Waals surface area contributed by atoms with Crippen molar-refractivity contribution in [2.24, 2.45) is 0 Å². The van der Waals surface area contributed by atoms with Gasteiger partial charge < -0.3 is 29.3 Å². The third kappa shape index (κ3) is 5.24. The summed E-state index contributed by atoms with van der Waals surface area (Å²) in [5, 5.41) is 3.21. The summed E-state index contributed by atoms with van der Waals surface area (Å²) in [6.07, 6.45) is 5.48. The first-order valence-electron chi connectivity index (χ1n) is 12.8. The second-order valence-electron chi connectivity index (χ2n) is 10.2. The molecule has 34 heavy (non-hydrogen) atoms. The SMILES string of the molecule is CN1CCOC(C(=O)N[C@H]2CCCN3C(=O)COc4ccccc4C4CCC(CC4)OCC23)C1. The molecule has 186 valence electrons. The zero-order chi connectivity index (χ0) is 23.5. The number of rotatable bonds is 2. The first kappa shape index (κ1) is 23.6. The van der Waals surface area contributed by atoms with Crippen LogP contribution in [0.15, 0.2) is 24.3 Å². The zero-order valence-corrected chi connectivity index (χ0v) is 20.1. The molecule has 2 unspecified atom stereocenters. The Balaban J connectivity index is 1.34. The fraction of sp³-hybridized carbons (Fsp3) is 0.692. The van der Waals surface area contributed by atoms with Crippen molar-refractivity contribution in [1.82, 2.24) is 15.1 Å². The van der Waals surface area contributed by atoms with Crippen LogP contribution < -0.4 is 10.1 Å². The van der Waals surface area contributed by atoms with Crippen LogP contribution in [-0.4, -0.2) is 92.4 Å². The van der Waals surface area contributed by atoms with Gasteiger partial charge in [-0.05, 0) is 63.1 Å². The lowest BCUT2D eigenvalue weighted by Gasteiger charge is -2.42. The first-order valence-corrected chi connectivity index (χ1v) is 12.8. The molecule has 0 aromatic heterocycles. The van der Waals surface area contributed by atoms with Crippen molar-refractivity contribution in [3.05, 3.63) is 29.8 Å². The summed E-state index contributed by atoms with van der Waals surface area (Å²) in [6.45, 7) is 3.06. The molecule has 0 spiro atoms. The van der Waals surface area contributed by atoms with Gasteiger partial charge in [-0.25, -0.2) is 0 Å². The van der Waals surface area contributed by atoms with Crippen LogP contribution in [0.3, 0.4) is 0 Å². The smallest absolute Gasteiger partial charge is 0.260 e. The van der Waals surface area contributed by atoms with Crippen molar-refractivity contribution in [1.29, 1.82) is 0 Å². The van der Waals surface area contributed by atoms with Crippen molar-refractivity contribution in [2.45, 2.75) is 68.7 Å². The fourth-order valence-electron chi connectivity index (χ4n) is 5.90. The number of carbonyl (C=O) groups excluding carboxylic acids is 2. The van der Waals surface area contributed by atoms with Gasteiger partial charge in [0.05, 0.1) is 31.4 Å². The van der Waals surface area contributed by atoms with Crippen LogP contribution in [0.5, 0.6) is 5.75 Å². The molecular weight excluding hydrogens is 434 g/mol. The number of nitrogens with zero attached hydrogens (tertiary/aromatic N) is 2. The van der Waals surface area contributed by atoms with Crippen LogP contribution in [0.25, 0.3) is 0 Å². The van der Waals surface area contributed by atoms with E-state index in [1.165, 1.54) is 5.56 Å². The van der Waals surface area contributed by atoms with Crippen molar-refractivity contribution in [3.63, 3.8) is 0 Å². The summed E-state index contributed by atoms with van der Waals surface area (Å²) >= 11 is 0. The molecule has 3 fully saturated rings. The van der Waals surface area contributed by atoms with Crippen LogP contribution in [0.2, 0.25) is 0 Å². The summed E-state index contributed by atoms with van der Waals surface area (Å²) in [5.41, 5.74) is 1.20. The Kier molecular flexibility index (Phi) is 7.37. The van der Waals surface area contributed by atoms with E-state index in [1.54, 1.807) is 0 Å². The molecule has 8 nitrogen and oxygen atoms in total. The minimum atomic E-state index is -0.476. The number of carbonyl (C=O) groups is 2. The number of likely N-dealkylation sites (N-methyl/N-ethyl adjacent to an activating group) is 1. The molecule has 1 saturated carbocycles. The Morgan fingerprint density at radius 3 is 2.71 bits per heavy atom. The highest BCUT2D eigenvalue weighted by Crippen LogP contribution is 2.38. The van der Waals surface area contributed by atoms with E-state index < -0.39 is 6.10 Å². The molecule has 1 N–H and O–H groups in total. The average molecular weight is 472 g/mol. The van der Waals surface area contributed by atoms with E-state index in [2.05, 4.69) is 16.3 Å². The molecule has 2 amide bonds. The maximum atomic E-state index is 13.3. The third-order valence-electron chi connectivity index (χ3n) is 7.88. The van der Waals surface area contributed by atoms with Crippen molar-refractivity contribution in [2.75, 3.05) is 46.5 Å². The quantitative estimate of drug-likeness (QED) is 0.710. The van der Waals surface area contributed by atoms with Crippen LogP contribution in [0.1, 0.15) is 50.0 Å². The maximum Gasteiger partial charge on any atom is 0.260 e. The topological polar surface area (TPSA) is 80.3 Å². The Morgan fingerprint density at radius 1 is 1.06 bits per heavy atom. The predicted octanol–water partition coefficient (Wildman–Crippen LogP) is 1.93. The van der Waals surface area contributed by atoms with Gasteiger partial charge in [0.2, 0.25) is 0 Å². The van der Waals surface area contributed by atoms with Gasteiger partial charge in [-0.15, -0.1) is 0 Å². The summed E-state index contributed by atoms with van der Waals surface area (Å²) in [6, 6.07) is 7.76. The second-order valence-corrected chi connectivity index (χ2v) is 10.2. The Morgan fingerprint density at radius 2 is 1.88 bits per heavy atom. The maximum absolute atomic E-state index is 13.3. The molecule has 1 aromatic rings. The number of piperidine rings is 1. The molecule has 3 atom stereocenters. The Hall–Kier alpha value is -2.16. The normalized spacial score (nSPS) is 32.9. The number of para-hydroxylation sites is 1. The highest BCUT2D eigenvalue weighted by Gasteiger charge is 2.38. The Bertz CT molecular complexity index is 872. The highest BCUT2D eigenvalue weighted by atomic mass is 16.5. The van der Waals surface area contributed by atoms with E-state index in [1.807, 2.05) is 30.1 Å². The first-order chi connectivity index (χ1) is 16.6. The summed E-state index contributed by atoms with van der Waals surface area (Å²) in [4.78, 5) is 30.3. The molecule has 4 aliphatic heterocycles. The van der Waals surface area contributed by atoms with E-state index in [4.69, 9.17) is 14.2 Å². The van der Waals surface area contributed by atoms with Gasteiger partial charge in [0.1, 0.15) is 11.9 Å². The van der Waals surface area contributed by atoms with Crippen LogP contribution >= 0.6 is 0 Å². The van der Waals surface area contributed by atoms with E-state index in [-0.39, 0.29) is 36.6 Å². The monoisotopic (exact) mass is 471 g/mol. The predicted molar refractivity (Wildman–Crippen MR) is 127 cm³/mol. The number of benzene rings is 1. The van der Waals surface area contributed by atoms with Gasteiger partial charge in [-0.3, -0.25) is 9.59 Å². The lowest BCUT2D eigenvalue weighted by Crippen LogP contribution is -2.61. The van der Waals surface area contributed by atoms with Crippen molar-refractivity contribution in [3.8, 4) is 5.75 Å². The molecule has 5 aliphatic rings. The fourth-order valence-corrected chi connectivity index (χ4v) is 5.90. The third-order valence-corrected chi connectivity index (χ3v) is 7.88. The second kappa shape index (κ2) is 10.6. The van der Waals surface area contributed by atoms with Gasteiger partial charge in [-0.2, -0.15) is 0 Å². The number of ether oxygens (including phenoxy) is 3. The minimum Gasteiger partial charge on any atom is -0.483 e. The molecule has 1 aromatic carbocycles. The van der Waals surface area contributed by atoms with Gasteiger partial charge in [0.15, 0.2) is 6.61 Å². The summed E-state index contributed by atoms with van der Waals surface area (Å²) < 4.78 is 18.2. The van der Waals surface area contributed by atoms with Crippen LogP contribution in [0, 0.1) is 0 Å². The van der Waals surface area contributed by atoms with Gasteiger partial charge in [-0.1, -0.05) is 18.2 Å². The molecule has 2 bridgehead atoms. The molecular formula is C26H37N3O5. The molecule has 6 rings (SSSR count). The molecule has 8 heteroatoms. The minimum absolute atomic E-state index is 0.000852. The summed E-state index contributed by atoms with van der Waals surface area (Å²) in [7, 11) is 2.00. The standard InChI is InChI=1S/C26H37N3O5/c1-28-13-14-32-24(15-28)26(31)27-21-6-4-12-29-22(21)16-33-19-10-8-18(9-11-19)20-5-2-3-7-23(20)34-17-25(29)30/h2-3,5,7,18-19,21-22,24H,4,6,8-17H2,1H3,(H,27,31)/t18?,19?,21-,22?,24?/m0/s1. The average Bonchev–Trinajstić information content (AvgIpc) is 2.88. The van der Waals surface area contributed by atoms with Crippen LogP contribution in [-0.2, 0) is 19.1 Å². The molecule has 2 saturated heterocycles. The zero-order valence-electron chi connectivity index (χ0n) is 20.1. The largest absolute Gasteiger partial charge is 0.483 e. The van der Waals surface area contributed by atoms with E-state index in [0.29, 0.717) is 32.2 Å². The number of nitrogens with one attached hydrogen (secondary N) is 1. The molecule has 1 aliphatic carbocycles. The van der Waals surface area contributed by atoms with Crippen molar-refractivity contribution < 1.29 is 23.8 Å². The molecule has 4 heterocycles. The van der Waals surface area contributed by atoms with Gasteiger partial charge in [0.25, 0.3) is 11.8 Å². The number of morpholine rings is 1. The number of hydrogen-bond acceptors (Lipinski definition) is 6. The highest BCUT2D eigenvalue weighted by molar-refractivity contribution is 5.82. The lowest BCUT2D eigenvalue weighted by molar-refractivity contribution is -0.145. The number of amides is 2. The number of fused-ring (bicyclic) bond motifs is 5.